The largest absolute Gasteiger partial charge is 0.388 e. The average Bonchev–Trinajstić information content (AvgIpc) is 3.33. The Kier molecular flexibility index (Phi) is 6.80. The van der Waals surface area contributed by atoms with Crippen LogP contribution >= 0.6 is 11.6 Å². The van der Waals surface area contributed by atoms with Gasteiger partial charge in [-0.1, -0.05) is 17.7 Å². The van der Waals surface area contributed by atoms with E-state index in [1.54, 1.807) is 31.3 Å². The quantitative estimate of drug-likeness (QED) is 0.402. The van der Waals surface area contributed by atoms with Gasteiger partial charge in [-0.3, -0.25) is 19.1 Å². The summed E-state index contributed by atoms with van der Waals surface area (Å²) in [6, 6.07) is 11.0. The highest BCUT2D eigenvalue weighted by Crippen LogP contribution is 2.27. The molecule has 2 aromatic carbocycles. The molecule has 11 heteroatoms. The van der Waals surface area contributed by atoms with Crippen LogP contribution in [-0.4, -0.2) is 61.0 Å². The molecule has 0 spiro atoms. The van der Waals surface area contributed by atoms with E-state index in [0.29, 0.717) is 59.8 Å². The summed E-state index contributed by atoms with van der Waals surface area (Å²) in [5.74, 6) is -0.556. The van der Waals surface area contributed by atoms with Crippen LogP contribution < -0.4 is 10.9 Å². The molecule has 1 amide bonds. The molecule has 0 atom stereocenters. The standard InChI is InChI=1S/C26H26ClFN6O3/c1-29-24(35)17-2-3-18(22(27)12-17)14-32-10-8-26(37,9-11-32)15-33-16-30-23-21(25(33)36)13-31-34(23)20-6-4-19(28)5-7-20/h2-7,12-13,16,37H,8-11,14-15H2,1H3,(H,29,35). The molecule has 0 radical (unpaired) electrons. The molecule has 4 aromatic rings. The number of nitrogens with zero attached hydrogens (tertiary/aromatic N) is 5. The summed E-state index contributed by atoms with van der Waals surface area (Å²) in [7, 11) is 1.57. The number of hydrogen-bond acceptors (Lipinski definition) is 6. The lowest BCUT2D eigenvalue weighted by Crippen LogP contribution is -2.47. The maximum absolute atomic E-state index is 13.3. The van der Waals surface area contributed by atoms with Gasteiger partial charge >= 0.3 is 0 Å². The summed E-state index contributed by atoms with van der Waals surface area (Å²) in [5.41, 5.74) is 1.02. The number of nitrogens with one attached hydrogen (secondary N) is 1. The summed E-state index contributed by atoms with van der Waals surface area (Å²) in [4.78, 5) is 31.5. The number of aromatic nitrogens is 4. The number of amides is 1. The Balaban J connectivity index is 1.26. The van der Waals surface area contributed by atoms with Gasteiger partial charge in [-0.05, 0) is 54.8 Å². The van der Waals surface area contributed by atoms with Crippen LogP contribution in [0.3, 0.4) is 0 Å². The zero-order valence-electron chi connectivity index (χ0n) is 20.2. The first-order valence-corrected chi connectivity index (χ1v) is 12.3. The van der Waals surface area contributed by atoms with Gasteiger partial charge in [0.15, 0.2) is 5.65 Å². The first-order chi connectivity index (χ1) is 17.8. The SMILES string of the molecule is CNC(=O)c1ccc(CN2CCC(O)(Cn3cnc4c(cnn4-c4ccc(F)cc4)c3=O)CC2)c(Cl)c1. The number of aliphatic hydroxyl groups is 1. The minimum atomic E-state index is -1.06. The van der Waals surface area contributed by atoms with E-state index in [4.69, 9.17) is 11.6 Å². The van der Waals surface area contributed by atoms with Crippen LogP contribution in [0.15, 0.2) is 59.8 Å². The second-order valence-electron chi connectivity index (χ2n) is 9.33. The van der Waals surface area contributed by atoms with E-state index in [1.165, 1.54) is 33.9 Å². The van der Waals surface area contributed by atoms with Crippen molar-refractivity contribution in [2.75, 3.05) is 20.1 Å². The fourth-order valence-electron chi connectivity index (χ4n) is 4.64. The van der Waals surface area contributed by atoms with E-state index < -0.39 is 5.60 Å². The fraction of sp³-hybridized carbons (Fsp3) is 0.308. The molecular formula is C26H26ClFN6O3. The van der Waals surface area contributed by atoms with Gasteiger partial charge in [-0.2, -0.15) is 5.10 Å². The molecular weight excluding hydrogens is 499 g/mol. The second-order valence-corrected chi connectivity index (χ2v) is 9.74. The summed E-state index contributed by atoms with van der Waals surface area (Å²) in [6.45, 7) is 1.96. The van der Waals surface area contributed by atoms with Gasteiger partial charge in [-0.15, -0.1) is 0 Å². The molecule has 0 aliphatic carbocycles. The normalized spacial score (nSPS) is 15.7. The third-order valence-corrected chi connectivity index (χ3v) is 7.17. The minimum absolute atomic E-state index is 0.117. The highest BCUT2D eigenvalue weighted by molar-refractivity contribution is 6.31. The van der Waals surface area contributed by atoms with Crippen molar-refractivity contribution in [3.05, 3.63) is 87.3 Å². The summed E-state index contributed by atoms with van der Waals surface area (Å²) in [6.07, 6.45) is 3.81. The van der Waals surface area contributed by atoms with E-state index in [2.05, 4.69) is 20.3 Å². The smallest absolute Gasteiger partial charge is 0.264 e. The van der Waals surface area contributed by atoms with Gasteiger partial charge in [-0.25, -0.2) is 14.1 Å². The molecule has 9 nitrogen and oxygen atoms in total. The Bertz CT molecular complexity index is 1510. The molecule has 2 N–H and O–H groups in total. The molecule has 5 rings (SSSR count). The first-order valence-electron chi connectivity index (χ1n) is 11.9. The van der Waals surface area contributed by atoms with Crippen molar-refractivity contribution in [3.63, 3.8) is 0 Å². The van der Waals surface area contributed by atoms with Gasteiger partial charge < -0.3 is 10.4 Å². The van der Waals surface area contributed by atoms with E-state index in [9.17, 15) is 19.1 Å². The number of piperidine rings is 1. The Morgan fingerprint density at radius 3 is 2.59 bits per heavy atom. The van der Waals surface area contributed by atoms with Crippen LogP contribution in [0.2, 0.25) is 5.02 Å². The molecule has 1 fully saturated rings. The summed E-state index contributed by atoms with van der Waals surface area (Å²) >= 11 is 6.40. The summed E-state index contributed by atoms with van der Waals surface area (Å²) in [5, 5.41) is 18.9. The molecule has 0 saturated carbocycles. The molecule has 1 saturated heterocycles. The lowest BCUT2D eigenvalue weighted by molar-refractivity contribution is -0.0364. The molecule has 192 valence electrons. The van der Waals surface area contributed by atoms with Crippen molar-refractivity contribution < 1.29 is 14.3 Å². The number of benzene rings is 2. The molecule has 0 unspecified atom stereocenters. The molecule has 2 aromatic heterocycles. The molecule has 37 heavy (non-hydrogen) atoms. The molecule has 1 aliphatic heterocycles. The topological polar surface area (TPSA) is 105 Å². The number of hydrogen-bond donors (Lipinski definition) is 2. The van der Waals surface area contributed by atoms with E-state index >= 15 is 0 Å². The predicted molar refractivity (Wildman–Crippen MR) is 137 cm³/mol. The lowest BCUT2D eigenvalue weighted by atomic mass is 9.91. The fourth-order valence-corrected chi connectivity index (χ4v) is 4.88. The van der Waals surface area contributed by atoms with Crippen molar-refractivity contribution >= 4 is 28.5 Å². The van der Waals surface area contributed by atoms with Crippen LogP contribution in [0.4, 0.5) is 4.39 Å². The number of carbonyl (C=O) groups is 1. The zero-order chi connectivity index (χ0) is 26.2. The summed E-state index contributed by atoms with van der Waals surface area (Å²) < 4.78 is 16.2. The van der Waals surface area contributed by atoms with Crippen molar-refractivity contribution in [2.45, 2.75) is 31.5 Å². The van der Waals surface area contributed by atoms with Gasteiger partial charge in [0.05, 0.1) is 24.0 Å². The second kappa shape index (κ2) is 10.0. The number of likely N-dealkylation sites (tertiary alicyclic amines) is 1. The van der Waals surface area contributed by atoms with Crippen molar-refractivity contribution in [2.24, 2.45) is 0 Å². The van der Waals surface area contributed by atoms with Crippen LogP contribution in [0.25, 0.3) is 16.7 Å². The third kappa shape index (κ3) is 5.13. The third-order valence-electron chi connectivity index (χ3n) is 6.81. The van der Waals surface area contributed by atoms with Gasteiger partial charge in [0.25, 0.3) is 11.5 Å². The Labute approximate surface area is 217 Å². The minimum Gasteiger partial charge on any atom is -0.388 e. The predicted octanol–water partition coefficient (Wildman–Crippen LogP) is 2.76. The maximum Gasteiger partial charge on any atom is 0.264 e. The van der Waals surface area contributed by atoms with Crippen LogP contribution in [-0.2, 0) is 13.1 Å². The van der Waals surface area contributed by atoms with Crippen LogP contribution in [0.1, 0.15) is 28.8 Å². The number of rotatable bonds is 6. The van der Waals surface area contributed by atoms with E-state index in [-0.39, 0.29) is 23.8 Å². The van der Waals surface area contributed by atoms with Crippen molar-refractivity contribution in [3.8, 4) is 5.69 Å². The maximum atomic E-state index is 13.3. The van der Waals surface area contributed by atoms with E-state index in [0.717, 1.165) is 5.56 Å². The van der Waals surface area contributed by atoms with Crippen LogP contribution in [0, 0.1) is 5.82 Å². The molecule has 1 aliphatic rings. The zero-order valence-corrected chi connectivity index (χ0v) is 21.0. The Morgan fingerprint density at radius 2 is 1.92 bits per heavy atom. The Hall–Kier alpha value is -3.60. The van der Waals surface area contributed by atoms with Gasteiger partial charge in [0.1, 0.15) is 17.5 Å². The number of halogens is 2. The molecule has 3 heterocycles. The number of fused-ring (bicyclic) bond motifs is 1. The van der Waals surface area contributed by atoms with Gasteiger partial charge in [0, 0.05) is 37.3 Å². The van der Waals surface area contributed by atoms with Gasteiger partial charge in [0.2, 0.25) is 0 Å². The monoisotopic (exact) mass is 524 g/mol. The first kappa shape index (κ1) is 25.1. The van der Waals surface area contributed by atoms with Crippen molar-refractivity contribution in [1.82, 2.24) is 29.5 Å². The lowest BCUT2D eigenvalue weighted by Gasteiger charge is -2.38. The van der Waals surface area contributed by atoms with Crippen LogP contribution in [0.5, 0.6) is 0 Å². The molecule has 0 bridgehead atoms. The van der Waals surface area contributed by atoms with E-state index in [1.807, 2.05) is 6.07 Å². The number of carbonyl (C=O) groups excluding carboxylic acids is 1. The Morgan fingerprint density at radius 1 is 1.19 bits per heavy atom. The van der Waals surface area contributed by atoms with Crippen molar-refractivity contribution in [1.29, 1.82) is 0 Å². The average molecular weight is 525 g/mol. The highest BCUT2D eigenvalue weighted by atomic mass is 35.5. The highest BCUT2D eigenvalue weighted by Gasteiger charge is 2.33.